The number of carbonyl (C=O) groups is 1. The van der Waals surface area contributed by atoms with Gasteiger partial charge in [0.15, 0.2) is 0 Å². The molecule has 1 unspecified atom stereocenters. The molecular formula is C9H17NO3. The van der Waals surface area contributed by atoms with Gasteiger partial charge >= 0.3 is 5.97 Å². The molecule has 1 atom stereocenters. The van der Waals surface area contributed by atoms with Crippen LogP contribution in [0.5, 0.6) is 0 Å². The Kier molecular flexibility index (Phi) is 4.18. The molecule has 0 aliphatic heterocycles. The van der Waals surface area contributed by atoms with E-state index >= 15 is 0 Å². The van der Waals surface area contributed by atoms with Gasteiger partial charge in [-0.05, 0) is 25.2 Å². The minimum atomic E-state index is -0.529. The molecule has 0 aromatic rings. The van der Waals surface area contributed by atoms with Crippen molar-refractivity contribution in [3.63, 3.8) is 0 Å². The fourth-order valence-corrected chi connectivity index (χ4v) is 0.954. The van der Waals surface area contributed by atoms with Crippen LogP contribution in [0.25, 0.3) is 0 Å². The number of rotatable bonds is 6. The van der Waals surface area contributed by atoms with Crippen molar-refractivity contribution >= 4 is 5.97 Å². The topological polar surface area (TPSA) is 61.5 Å². The average molecular weight is 187 g/mol. The minimum absolute atomic E-state index is 0.302. The van der Waals surface area contributed by atoms with E-state index < -0.39 is 6.04 Å². The minimum Gasteiger partial charge on any atom is -0.464 e. The van der Waals surface area contributed by atoms with Gasteiger partial charge in [-0.3, -0.25) is 4.79 Å². The van der Waals surface area contributed by atoms with Gasteiger partial charge in [0, 0.05) is 13.7 Å². The van der Waals surface area contributed by atoms with Gasteiger partial charge in [-0.25, -0.2) is 0 Å². The monoisotopic (exact) mass is 187 g/mol. The summed E-state index contributed by atoms with van der Waals surface area (Å²) in [6, 6.07) is -0.529. The van der Waals surface area contributed by atoms with Gasteiger partial charge in [0.25, 0.3) is 0 Å². The van der Waals surface area contributed by atoms with Gasteiger partial charge in [0.2, 0.25) is 0 Å². The van der Waals surface area contributed by atoms with E-state index in [-0.39, 0.29) is 5.97 Å². The Balaban J connectivity index is 2.05. The summed E-state index contributed by atoms with van der Waals surface area (Å²) in [6.45, 7) is 1.04. The van der Waals surface area contributed by atoms with Crippen LogP contribution < -0.4 is 5.73 Å². The summed E-state index contributed by atoms with van der Waals surface area (Å²) in [6.07, 6.45) is 2.89. The molecule has 0 bridgehead atoms. The molecular weight excluding hydrogens is 170 g/mol. The van der Waals surface area contributed by atoms with Crippen LogP contribution in [0.15, 0.2) is 0 Å². The quantitative estimate of drug-likeness (QED) is 0.608. The summed E-state index contributed by atoms with van der Waals surface area (Å²) >= 11 is 0. The molecule has 4 heteroatoms. The predicted octanol–water partition coefficient (Wildman–Crippen LogP) is 0.303. The molecule has 1 fully saturated rings. The lowest BCUT2D eigenvalue weighted by molar-refractivity contribution is -0.146. The maximum absolute atomic E-state index is 11.2. The number of ether oxygens (including phenoxy) is 2. The van der Waals surface area contributed by atoms with Crippen LogP contribution in [-0.4, -0.2) is 32.3 Å². The first-order valence-electron chi connectivity index (χ1n) is 4.65. The Morgan fingerprint density at radius 2 is 2.31 bits per heavy atom. The Hall–Kier alpha value is -0.610. The summed E-state index contributed by atoms with van der Waals surface area (Å²) in [5.74, 6) is 0.294. The zero-order chi connectivity index (χ0) is 9.68. The smallest absolute Gasteiger partial charge is 0.323 e. The fourth-order valence-electron chi connectivity index (χ4n) is 0.954. The molecule has 1 aliphatic carbocycles. The highest BCUT2D eigenvalue weighted by Gasteiger charge is 2.24. The second kappa shape index (κ2) is 5.19. The Morgan fingerprint density at radius 1 is 1.62 bits per heavy atom. The largest absolute Gasteiger partial charge is 0.464 e. The summed E-state index contributed by atoms with van der Waals surface area (Å²) in [5, 5.41) is 0. The normalized spacial score (nSPS) is 18.3. The molecule has 0 aromatic carbocycles. The second-order valence-corrected chi connectivity index (χ2v) is 3.46. The highest BCUT2D eigenvalue weighted by Crippen LogP contribution is 2.28. The summed E-state index contributed by atoms with van der Waals surface area (Å²) in [5.41, 5.74) is 5.56. The molecule has 2 N–H and O–H groups in total. The van der Waals surface area contributed by atoms with Crippen LogP contribution in [-0.2, 0) is 14.3 Å². The van der Waals surface area contributed by atoms with Crippen LogP contribution in [0.3, 0.4) is 0 Å². The van der Waals surface area contributed by atoms with E-state index in [1.807, 2.05) is 0 Å². The number of hydrogen-bond acceptors (Lipinski definition) is 4. The van der Waals surface area contributed by atoms with Gasteiger partial charge < -0.3 is 15.2 Å². The van der Waals surface area contributed by atoms with Gasteiger partial charge in [-0.15, -0.1) is 0 Å². The van der Waals surface area contributed by atoms with Crippen LogP contribution in [0, 0.1) is 5.92 Å². The van der Waals surface area contributed by atoms with Gasteiger partial charge in [0.1, 0.15) is 6.04 Å². The maximum Gasteiger partial charge on any atom is 0.323 e. The molecule has 76 valence electrons. The van der Waals surface area contributed by atoms with Crippen molar-refractivity contribution in [3.05, 3.63) is 0 Å². The van der Waals surface area contributed by atoms with E-state index in [0.717, 1.165) is 0 Å². The third-order valence-electron chi connectivity index (χ3n) is 2.09. The van der Waals surface area contributed by atoms with Gasteiger partial charge in [-0.2, -0.15) is 0 Å². The van der Waals surface area contributed by atoms with Crippen molar-refractivity contribution in [2.75, 3.05) is 20.3 Å². The third-order valence-corrected chi connectivity index (χ3v) is 2.09. The van der Waals surface area contributed by atoms with Crippen molar-refractivity contribution in [3.8, 4) is 0 Å². The maximum atomic E-state index is 11.2. The number of hydrogen-bond donors (Lipinski definition) is 1. The van der Waals surface area contributed by atoms with Crippen LogP contribution in [0.2, 0.25) is 0 Å². The lowest BCUT2D eigenvalue weighted by Crippen LogP contribution is -2.33. The highest BCUT2D eigenvalue weighted by molar-refractivity contribution is 5.75. The molecule has 0 heterocycles. The summed E-state index contributed by atoms with van der Waals surface area (Å²) in [4.78, 5) is 11.2. The molecule has 13 heavy (non-hydrogen) atoms. The SMILES string of the molecule is COCCC(N)C(=O)OCC1CC1. The summed E-state index contributed by atoms with van der Waals surface area (Å²) < 4.78 is 9.82. The predicted molar refractivity (Wildman–Crippen MR) is 48.2 cm³/mol. The molecule has 0 spiro atoms. The van der Waals surface area contributed by atoms with Crippen molar-refractivity contribution < 1.29 is 14.3 Å². The van der Waals surface area contributed by atoms with E-state index in [1.165, 1.54) is 12.8 Å². The summed E-state index contributed by atoms with van der Waals surface area (Å²) in [7, 11) is 1.59. The molecule has 0 radical (unpaired) electrons. The molecule has 0 saturated heterocycles. The zero-order valence-electron chi connectivity index (χ0n) is 7.99. The van der Waals surface area contributed by atoms with E-state index in [9.17, 15) is 4.79 Å². The molecule has 1 rings (SSSR count). The molecule has 4 nitrogen and oxygen atoms in total. The van der Waals surface area contributed by atoms with Crippen molar-refractivity contribution in [1.29, 1.82) is 0 Å². The van der Waals surface area contributed by atoms with Crippen molar-refractivity contribution in [2.24, 2.45) is 11.7 Å². The van der Waals surface area contributed by atoms with E-state index in [0.29, 0.717) is 25.6 Å². The van der Waals surface area contributed by atoms with Crippen LogP contribution in [0.4, 0.5) is 0 Å². The van der Waals surface area contributed by atoms with Gasteiger partial charge in [-0.1, -0.05) is 0 Å². The molecule has 0 aromatic heterocycles. The van der Waals surface area contributed by atoms with E-state index in [1.54, 1.807) is 7.11 Å². The highest BCUT2D eigenvalue weighted by atomic mass is 16.5. The fraction of sp³-hybridized carbons (Fsp3) is 0.889. The molecule has 1 aliphatic rings. The van der Waals surface area contributed by atoms with E-state index in [2.05, 4.69) is 0 Å². The second-order valence-electron chi connectivity index (χ2n) is 3.46. The van der Waals surface area contributed by atoms with Crippen LogP contribution >= 0.6 is 0 Å². The Labute approximate surface area is 78.4 Å². The Bertz CT molecular complexity index is 168. The molecule has 1 saturated carbocycles. The Morgan fingerprint density at radius 3 is 2.85 bits per heavy atom. The first-order chi connectivity index (χ1) is 6.24. The van der Waals surface area contributed by atoms with Crippen LogP contribution in [0.1, 0.15) is 19.3 Å². The number of nitrogens with two attached hydrogens (primary N) is 1. The molecule has 0 amide bonds. The lowest BCUT2D eigenvalue weighted by atomic mass is 10.2. The average Bonchev–Trinajstić information content (AvgIpc) is 2.93. The number of methoxy groups -OCH3 is 1. The van der Waals surface area contributed by atoms with Gasteiger partial charge in [0.05, 0.1) is 6.61 Å². The number of esters is 1. The standard InChI is InChI=1S/C9H17NO3/c1-12-5-4-8(10)9(11)13-6-7-2-3-7/h7-8H,2-6,10H2,1H3. The van der Waals surface area contributed by atoms with Crippen molar-refractivity contribution in [2.45, 2.75) is 25.3 Å². The lowest BCUT2D eigenvalue weighted by Gasteiger charge is -2.10. The van der Waals surface area contributed by atoms with Crippen molar-refractivity contribution in [1.82, 2.24) is 0 Å². The first-order valence-corrected chi connectivity index (χ1v) is 4.65. The third kappa shape index (κ3) is 4.24. The zero-order valence-corrected chi connectivity index (χ0v) is 7.99. The number of carbonyl (C=O) groups excluding carboxylic acids is 1. The van der Waals surface area contributed by atoms with E-state index in [4.69, 9.17) is 15.2 Å². The first kappa shape index (κ1) is 10.5.